The molecule has 71 valence electrons. The van der Waals surface area contributed by atoms with Gasteiger partial charge in [0.15, 0.2) is 0 Å². The third-order valence-corrected chi connectivity index (χ3v) is 1.98. The van der Waals surface area contributed by atoms with Gasteiger partial charge in [0.2, 0.25) is 0 Å². The standard InChI is InChI=1S/C12H13N2/c1-9(2)14-11-7-10-5-3-4-6-12(10)13-8-11/h3-7,9,14H,1-2H3. The minimum Gasteiger partial charge on any atom is -0.381 e. The normalized spacial score (nSPS) is 10.8. The van der Waals surface area contributed by atoms with E-state index in [9.17, 15) is 0 Å². The Hall–Kier alpha value is -1.57. The van der Waals surface area contributed by atoms with E-state index in [-0.39, 0.29) is 0 Å². The van der Waals surface area contributed by atoms with E-state index in [0.717, 1.165) is 16.6 Å². The first-order valence-electron chi connectivity index (χ1n) is 4.80. The predicted molar refractivity (Wildman–Crippen MR) is 59.3 cm³/mol. The zero-order valence-corrected chi connectivity index (χ0v) is 8.41. The fraction of sp³-hybridized carbons (Fsp3) is 0.250. The summed E-state index contributed by atoms with van der Waals surface area (Å²) in [5, 5.41) is 4.43. The average Bonchev–Trinajstić information content (AvgIpc) is 2.17. The van der Waals surface area contributed by atoms with E-state index in [4.69, 9.17) is 0 Å². The van der Waals surface area contributed by atoms with Crippen LogP contribution in [0.5, 0.6) is 0 Å². The molecule has 1 heterocycles. The Balaban J connectivity index is 2.41. The van der Waals surface area contributed by atoms with E-state index in [1.807, 2.05) is 18.2 Å². The molecule has 0 aliphatic carbocycles. The van der Waals surface area contributed by atoms with E-state index in [0.29, 0.717) is 6.04 Å². The van der Waals surface area contributed by atoms with Crippen molar-refractivity contribution in [3.63, 3.8) is 0 Å². The van der Waals surface area contributed by atoms with Gasteiger partial charge in [-0.25, -0.2) is 4.98 Å². The van der Waals surface area contributed by atoms with Gasteiger partial charge in [-0.05, 0) is 26.0 Å². The minimum absolute atomic E-state index is 0.411. The summed E-state index contributed by atoms with van der Waals surface area (Å²) in [6.45, 7) is 4.20. The fourth-order valence-corrected chi connectivity index (χ4v) is 1.40. The second kappa shape index (κ2) is 3.66. The summed E-state index contributed by atoms with van der Waals surface area (Å²) in [4.78, 5) is 4.25. The molecule has 2 nitrogen and oxygen atoms in total. The fourth-order valence-electron chi connectivity index (χ4n) is 1.40. The van der Waals surface area contributed by atoms with E-state index in [1.165, 1.54) is 0 Å². The first-order chi connectivity index (χ1) is 6.75. The first-order valence-corrected chi connectivity index (χ1v) is 4.80. The van der Waals surface area contributed by atoms with Crippen molar-refractivity contribution >= 4 is 16.6 Å². The van der Waals surface area contributed by atoms with Gasteiger partial charge in [0.05, 0.1) is 11.2 Å². The van der Waals surface area contributed by atoms with Crippen molar-refractivity contribution in [3.8, 4) is 0 Å². The molecule has 0 bridgehead atoms. The van der Waals surface area contributed by atoms with Gasteiger partial charge in [0.1, 0.15) is 6.20 Å². The van der Waals surface area contributed by atoms with Crippen LogP contribution in [0.4, 0.5) is 5.69 Å². The lowest BCUT2D eigenvalue weighted by atomic mass is 10.2. The van der Waals surface area contributed by atoms with Gasteiger partial charge in [0.25, 0.3) is 0 Å². The van der Waals surface area contributed by atoms with Crippen LogP contribution >= 0.6 is 0 Å². The van der Waals surface area contributed by atoms with Crippen LogP contribution in [0.25, 0.3) is 10.9 Å². The van der Waals surface area contributed by atoms with Crippen molar-refractivity contribution in [3.05, 3.63) is 36.5 Å². The van der Waals surface area contributed by atoms with Gasteiger partial charge >= 0.3 is 0 Å². The highest BCUT2D eigenvalue weighted by molar-refractivity contribution is 5.81. The third-order valence-electron chi connectivity index (χ3n) is 1.98. The van der Waals surface area contributed by atoms with Crippen molar-refractivity contribution in [2.75, 3.05) is 5.32 Å². The lowest BCUT2D eigenvalue weighted by molar-refractivity contribution is 0.898. The molecule has 0 atom stereocenters. The summed E-state index contributed by atoms with van der Waals surface area (Å²) in [6, 6.07) is 10.5. The molecule has 2 aromatic rings. The molecule has 1 aromatic heterocycles. The monoisotopic (exact) mass is 185 g/mol. The molecule has 14 heavy (non-hydrogen) atoms. The van der Waals surface area contributed by atoms with Crippen LogP contribution < -0.4 is 5.32 Å². The molecule has 2 rings (SSSR count). The number of nitrogens with zero attached hydrogens (tertiary/aromatic N) is 1. The number of fused-ring (bicyclic) bond motifs is 1. The number of anilines is 1. The molecule has 0 unspecified atom stereocenters. The molecule has 0 amide bonds. The smallest absolute Gasteiger partial charge is 0.115 e. The SMILES string of the molecule is CC(C)Nc1[c]nc2ccccc2c1. The molecular weight excluding hydrogens is 172 g/mol. The highest BCUT2D eigenvalue weighted by Crippen LogP contribution is 2.15. The Morgan fingerprint density at radius 3 is 2.86 bits per heavy atom. The number of hydrogen-bond acceptors (Lipinski definition) is 2. The molecular formula is C12H13N2. The number of hydrogen-bond donors (Lipinski definition) is 1. The molecule has 0 saturated carbocycles. The van der Waals surface area contributed by atoms with Crippen molar-refractivity contribution in [2.24, 2.45) is 0 Å². The molecule has 1 N–H and O–H groups in total. The van der Waals surface area contributed by atoms with Crippen LogP contribution in [0.15, 0.2) is 30.3 Å². The number of nitrogens with one attached hydrogen (secondary N) is 1. The molecule has 1 radical (unpaired) electrons. The number of para-hydroxylation sites is 1. The summed E-state index contributed by atoms with van der Waals surface area (Å²) in [5.41, 5.74) is 1.94. The molecule has 0 aliphatic rings. The second-order valence-corrected chi connectivity index (χ2v) is 3.64. The van der Waals surface area contributed by atoms with Crippen LogP contribution in [0.1, 0.15) is 13.8 Å². The summed E-state index contributed by atoms with van der Waals surface area (Å²) < 4.78 is 0. The van der Waals surface area contributed by atoms with Crippen molar-refractivity contribution in [1.29, 1.82) is 0 Å². The zero-order valence-electron chi connectivity index (χ0n) is 8.41. The van der Waals surface area contributed by atoms with Crippen LogP contribution in [0, 0.1) is 6.20 Å². The largest absolute Gasteiger partial charge is 0.381 e. The summed E-state index contributed by atoms with van der Waals surface area (Å²) >= 11 is 0. The molecule has 0 fully saturated rings. The van der Waals surface area contributed by atoms with Crippen LogP contribution in [-0.2, 0) is 0 Å². The zero-order chi connectivity index (χ0) is 9.97. The van der Waals surface area contributed by atoms with Crippen LogP contribution in [0.2, 0.25) is 0 Å². The average molecular weight is 185 g/mol. The number of pyridine rings is 1. The molecule has 0 saturated heterocycles. The summed E-state index contributed by atoms with van der Waals surface area (Å²) in [5.74, 6) is 0. The van der Waals surface area contributed by atoms with E-state index < -0.39 is 0 Å². The lowest BCUT2D eigenvalue weighted by Crippen LogP contribution is -2.09. The third kappa shape index (κ3) is 1.84. The first kappa shape index (κ1) is 9.00. The van der Waals surface area contributed by atoms with Gasteiger partial charge in [0, 0.05) is 11.4 Å². The van der Waals surface area contributed by atoms with Crippen molar-refractivity contribution < 1.29 is 0 Å². The Labute approximate surface area is 84.0 Å². The summed E-state index contributed by atoms with van der Waals surface area (Å²) in [6.07, 6.45) is 2.98. The molecule has 0 spiro atoms. The Morgan fingerprint density at radius 2 is 2.07 bits per heavy atom. The highest BCUT2D eigenvalue weighted by atomic mass is 14.9. The summed E-state index contributed by atoms with van der Waals surface area (Å²) in [7, 11) is 0. The minimum atomic E-state index is 0.411. The molecule has 0 aliphatic heterocycles. The molecule has 1 aromatic carbocycles. The Morgan fingerprint density at radius 1 is 1.29 bits per heavy atom. The lowest BCUT2D eigenvalue weighted by Gasteiger charge is -2.09. The maximum absolute atomic E-state index is 4.25. The predicted octanol–water partition coefficient (Wildman–Crippen LogP) is 2.86. The number of aromatic nitrogens is 1. The van der Waals surface area contributed by atoms with Gasteiger partial charge < -0.3 is 5.32 Å². The van der Waals surface area contributed by atoms with Gasteiger partial charge in [-0.3, -0.25) is 0 Å². The van der Waals surface area contributed by atoms with Gasteiger partial charge in [-0.1, -0.05) is 18.2 Å². The highest BCUT2D eigenvalue weighted by Gasteiger charge is 1.98. The maximum atomic E-state index is 4.25. The van der Waals surface area contributed by atoms with Crippen LogP contribution in [-0.4, -0.2) is 11.0 Å². The second-order valence-electron chi connectivity index (χ2n) is 3.64. The van der Waals surface area contributed by atoms with E-state index >= 15 is 0 Å². The van der Waals surface area contributed by atoms with E-state index in [1.54, 1.807) is 0 Å². The Bertz CT molecular complexity index is 435. The van der Waals surface area contributed by atoms with Crippen LogP contribution in [0.3, 0.4) is 0 Å². The van der Waals surface area contributed by atoms with E-state index in [2.05, 4.69) is 42.5 Å². The Kier molecular flexibility index (Phi) is 2.35. The maximum Gasteiger partial charge on any atom is 0.115 e. The van der Waals surface area contributed by atoms with Crippen molar-refractivity contribution in [2.45, 2.75) is 19.9 Å². The number of benzene rings is 1. The van der Waals surface area contributed by atoms with Gasteiger partial charge in [-0.2, -0.15) is 0 Å². The van der Waals surface area contributed by atoms with Crippen molar-refractivity contribution in [1.82, 2.24) is 4.98 Å². The number of rotatable bonds is 2. The van der Waals surface area contributed by atoms with Gasteiger partial charge in [-0.15, -0.1) is 0 Å². The topological polar surface area (TPSA) is 24.9 Å². The molecule has 2 heteroatoms. The quantitative estimate of drug-likeness (QED) is 0.778.